The van der Waals surface area contributed by atoms with Crippen molar-refractivity contribution in [3.05, 3.63) is 35.9 Å². The van der Waals surface area contributed by atoms with Gasteiger partial charge in [0, 0.05) is 38.1 Å². The molecule has 4 heteroatoms. The van der Waals surface area contributed by atoms with E-state index in [0.717, 1.165) is 31.6 Å². The fourth-order valence-corrected chi connectivity index (χ4v) is 3.57. The Kier molecular flexibility index (Phi) is 4.56. The summed E-state index contributed by atoms with van der Waals surface area (Å²) in [5.41, 5.74) is 7.24. The van der Waals surface area contributed by atoms with Gasteiger partial charge in [-0.25, -0.2) is 0 Å². The van der Waals surface area contributed by atoms with Crippen LogP contribution in [0, 0.1) is 0 Å². The van der Waals surface area contributed by atoms with Gasteiger partial charge in [0.15, 0.2) is 0 Å². The third-order valence-corrected chi connectivity index (χ3v) is 4.78. The lowest BCUT2D eigenvalue weighted by Crippen LogP contribution is -2.40. The highest BCUT2D eigenvalue weighted by atomic mass is 16.2. The molecule has 1 amide bonds. The fourth-order valence-electron chi connectivity index (χ4n) is 3.57. The third-order valence-electron chi connectivity index (χ3n) is 4.78. The van der Waals surface area contributed by atoms with Crippen molar-refractivity contribution in [3.8, 4) is 0 Å². The molecular formula is C17H25N3O. The minimum absolute atomic E-state index is 0.193. The zero-order chi connectivity index (χ0) is 14.7. The molecule has 0 aromatic heterocycles. The van der Waals surface area contributed by atoms with E-state index in [9.17, 15) is 4.79 Å². The van der Waals surface area contributed by atoms with Crippen LogP contribution < -0.4 is 5.73 Å². The number of carbonyl (C=O) groups excluding carboxylic acids is 1. The van der Waals surface area contributed by atoms with Crippen molar-refractivity contribution in [2.45, 2.75) is 37.8 Å². The SMILES string of the molecule is NC(CC(=O)N1CCCN2CCCC2C1)c1ccccc1. The summed E-state index contributed by atoms with van der Waals surface area (Å²) in [5, 5.41) is 0. The van der Waals surface area contributed by atoms with Crippen LogP contribution in [0.1, 0.15) is 37.3 Å². The maximum atomic E-state index is 12.6. The van der Waals surface area contributed by atoms with Crippen molar-refractivity contribution in [2.75, 3.05) is 26.2 Å². The zero-order valence-corrected chi connectivity index (χ0v) is 12.6. The third kappa shape index (κ3) is 3.44. The standard InChI is InChI=1S/C17H25N3O/c18-16(14-6-2-1-3-7-14)12-17(21)20-11-5-10-19-9-4-8-15(19)13-20/h1-3,6-7,15-16H,4-5,8-13,18H2. The molecule has 3 rings (SSSR count). The van der Waals surface area contributed by atoms with E-state index in [4.69, 9.17) is 5.73 Å². The van der Waals surface area contributed by atoms with Gasteiger partial charge < -0.3 is 10.6 Å². The lowest BCUT2D eigenvalue weighted by atomic mass is 10.0. The summed E-state index contributed by atoms with van der Waals surface area (Å²) in [5.74, 6) is 0.208. The molecule has 4 nitrogen and oxygen atoms in total. The van der Waals surface area contributed by atoms with E-state index in [2.05, 4.69) is 4.90 Å². The van der Waals surface area contributed by atoms with Crippen LogP contribution in [0.2, 0.25) is 0 Å². The van der Waals surface area contributed by atoms with Crippen LogP contribution >= 0.6 is 0 Å². The Labute approximate surface area is 126 Å². The molecule has 0 bridgehead atoms. The Morgan fingerprint density at radius 3 is 2.76 bits per heavy atom. The normalized spacial score (nSPS) is 24.4. The Morgan fingerprint density at radius 1 is 1.19 bits per heavy atom. The Balaban J connectivity index is 1.59. The summed E-state index contributed by atoms with van der Waals surface area (Å²) in [7, 11) is 0. The number of nitrogens with zero attached hydrogens (tertiary/aromatic N) is 2. The molecule has 1 aromatic carbocycles. The summed E-state index contributed by atoms with van der Waals surface area (Å²) in [6, 6.07) is 10.3. The van der Waals surface area contributed by atoms with Gasteiger partial charge in [-0.3, -0.25) is 9.69 Å². The van der Waals surface area contributed by atoms with Crippen molar-refractivity contribution in [1.29, 1.82) is 0 Å². The first-order valence-electron chi connectivity index (χ1n) is 8.06. The highest BCUT2D eigenvalue weighted by molar-refractivity contribution is 5.77. The van der Waals surface area contributed by atoms with E-state index < -0.39 is 0 Å². The molecule has 2 fully saturated rings. The average molecular weight is 287 g/mol. The topological polar surface area (TPSA) is 49.6 Å². The van der Waals surface area contributed by atoms with Crippen molar-refractivity contribution in [2.24, 2.45) is 5.73 Å². The molecule has 0 saturated carbocycles. The monoisotopic (exact) mass is 287 g/mol. The average Bonchev–Trinajstić information content (AvgIpc) is 2.85. The lowest BCUT2D eigenvalue weighted by molar-refractivity contribution is -0.131. The molecule has 2 aliphatic heterocycles. The van der Waals surface area contributed by atoms with Gasteiger partial charge in [0.2, 0.25) is 5.91 Å². The number of hydrogen-bond acceptors (Lipinski definition) is 3. The van der Waals surface area contributed by atoms with Crippen LogP contribution in [0.25, 0.3) is 0 Å². The van der Waals surface area contributed by atoms with Crippen LogP contribution in [0.3, 0.4) is 0 Å². The Morgan fingerprint density at radius 2 is 1.95 bits per heavy atom. The number of rotatable bonds is 3. The first kappa shape index (κ1) is 14.5. The second kappa shape index (κ2) is 6.58. The molecule has 0 aliphatic carbocycles. The maximum Gasteiger partial charge on any atom is 0.224 e. The van der Waals surface area contributed by atoms with Crippen molar-refractivity contribution < 1.29 is 4.79 Å². The minimum Gasteiger partial charge on any atom is -0.341 e. The van der Waals surface area contributed by atoms with Gasteiger partial charge in [-0.15, -0.1) is 0 Å². The molecule has 2 saturated heterocycles. The molecule has 2 unspecified atom stereocenters. The Hall–Kier alpha value is -1.39. The smallest absolute Gasteiger partial charge is 0.224 e. The molecule has 2 aliphatic rings. The summed E-state index contributed by atoms with van der Waals surface area (Å²) in [4.78, 5) is 17.1. The van der Waals surface area contributed by atoms with Crippen molar-refractivity contribution >= 4 is 5.91 Å². The van der Waals surface area contributed by atoms with E-state index in [1.54, 1.807) is 0 Å². The Bertz CT molecular complexity index is 476. The largest absolute Gasteiger partial charge is 0.341 e. The highest BCUT2D eigenvalue weighted by Gasteiger charge is 2.30. The van der Waals surface area contributed by atoms with E-state index in [1.807, 2.05) is 35.2 Å². The second-order valence-electron chi connectivity index (χ2n) is 6.25. The molecular weight excluding hydrogens is 262 g/mol. The van der Waals surface area contributed by atoms with Crippen LogP contribution in [0.4, 0.5) is 0 Å². The van der Waals surface area contributed by atoms with Gasteiger partial charge in [-0.2, -0.15) is 0 Å². The van der Waals surface area contributed by atoms with Crippen LogP contribution in [0.5, 0.6) is 0 Å². The fraction of sp³-hybridized carbons (Fsp3) is 0.588. The summed E-state index contributed by atoms with van der Waals surface area (Å²) < 4.78 is 0. The van der Waals surface area contributed by atoms with Crippen LogP contribution in [-0.2, 0) is 4.79 Å². The summed E-state index contributed by atoms with van der Waals surface area (Å²) in [6.45, 7) is 4.11. The van der Waals surface area contributed by atoms with E-state index >= 15 is 0 Å². The van der Waals surface area contributed by atoms with Gasteiger partial charge in [-0.05, 0) is 31.4 Å². The molecule has 2 heterocycles. The van der Waals surface area contributed by atoms with Crippen LogP contribution in [0.15, 0.2) is 30.3 Å². The number of fused-ring (bicyclic) bond motifs is 1. The molecule has 1 aromatic rings. The highest BCUT2D eigenvalue weighted by Crippen LogP contribution is 2.22. The molecule has 0 spiro atoms. The zero-order valence-electron chi connectivity index (χ0n) is 12.6. The molecule has 0 radical (unpaired) electrons. The van der Waals surface area contributed by atoms with Crippen molar-refractivity contribution in [3.63, 3.8) is 0 Å². The minimum atomic E-state index is -0.193. The van der Waals surface area contributed by atoms with Gasteiger partial charge in [0.1, 0.15) is 0 Å². The number of hydrogen-bond donors (Lipinski definition) is 1. The maximum absolute atomic E-state index is 12.6. The van der Waals surface area contributed by atoms with Gasteiger partial charge in [0.05, 0.1) is 0 Å². The second-order valence-corrected chi connectivity index (χ2v) is 6.25. The van der Waals surface area contributed by atoms with Crippen molar-refractivity contribution in [1.82, 2.24) is 9.80 Å². The van der Waals surface area contributed by atoms with E-state index in [1.165, 1.54) is 19.4 Å². The summed E-state index contributed by atoms with van der Waals surface area (Å²) in [6.07, 6.45) is 4.00. The first-order chi connectivity index (χ1) is 10.2. The molecule has 114 valence electrons. The number of amides is 1. The van der Waals surface area contributed by atoms with E-state index in [-0.39, 0.29) is 11.9 Å². The number of nitrogens with two attached hydrogens (primary N) is 1. The lowest BCUT2D eigenvalue weighted by Gasteiger charge is -2.26. The quantitative estimate of drug-likeness (QED) is 0.922. The predicted molar refractivity (Wildman–Crippen MR) is 83.8 cm³/mol. The summed E-state index contributed by atoms with van der Waals surface area (Å²) >= 11 is 0. The van der Waals surface area contributed by atoms with Crippen LogP contribution in [-0.4, -0.2) is 47.9 Å². The van der Waals surface area contributed by atoms with Gasteiger partial charge in [0.25, 0.3) is 0 Å². The number of benzene rings is 1. The molecule has 21 heavy (non-hydrogen) atoms. The van der Waals surface area contributed by atoms with E-state index in [0.29, 0.717) is 12.5 Å². The predicted octanol–water partition coefficient (Wildman–Crippen LogP) is 1.77. The van der Waals surface area contributed by atoms with Gasteiger partial charge in [-0.1, -0.05) is 30.3 Å². The molecule has 2 N–H and O–H groups in total. The number of carbonyl (C=O) groups is 1. The molecule has 2 atom stereocenters. The first-order valence-corrected chi connectivity index (χ1v) is 8.06. The van der Waals surface area contributed by atoms with Gasteiger partial charge >= 0.3 is 0 Å².